The van der Waals surface area contributed by atoms with E-state index in [9.17, 15) is 4.79 Å². The molecule has 0 bridgehead atoms. The summed E-state index contributed by atoms with van der Waals surface area (Å²) in [5, 5.41) is 1.45. The lowest BCUT2D eigenvalue weighted by atomic mass is 9.88. The van der Waals surface area contributed by atoms with Crippen LogP contribution in [0.3, 0.4) is 0 Å². The van der Waals surface area contributed by atoms with E-state index in [1.807, 2.05) is 24.3 Å². The van der Waals surface area contributed by atoms with E-state index in [2.05, 4.69) is 28.9 Å². The molecule has 0 unspecified atom stereocenters. The van der Waals surface area contributed by atoms with Crippen LogP contribution in [-0.4, -0.2) is 47.9 Å². The SMILES string of the molecule is Cc1ccccc1CC(=O)N1CCC(N2CCC(Cc3cc(Cl)cc(Cl)c3)CC2)CC1. The Morgan fingerprint density at radius 3 is 2.23 bits per heavy atom. The number of nitrogens with zero attached hydrogens (tertiary/aromatic N) is 2. The number of rotatable bonds is 5. The van der Waals surface area contributed by atoms with Gasteiger partial charge in [-0.2, -0.15) is 0 Å². The largest absolute Gasteiger partial charge is 0.342 e. The van der Waals surface area contributed by atoms with Crippen LogP contribution in [0.2, 0.25) is 10.0 Å². The van der Waals surface area contributed by atoms with Gasteiger partial charge in [-0.3, -0.25) is 4.79 Å². The van der Waals surface area contributed by atoms with Crippen LogP contribution < -0.4 is 0 Å². The van der Waals surface area contributed by atoms with Gasteiger partial charge in [0, 0.05) is 29.2 Å². The Morgan fingerprint density at radius 1 is 0.935 bits per heavy atom. The fraction of sp³-hybridized carbons (Fsp3) is 0.500. The molecule has 0 atom stereocenters. The van der Waals surface area contributed by atoms with Crippen molar-refractivity contribution in [3.8, 4) is 0 Å². The Bertz CT molecular complexity index is 880. The first-order chi connectivity index (χ1) is 15.0. The molecule has 2 aliphatic rings. The summed E-state index contributed by atoms with van der Waals surface area (Å²) in [6.07, 6.45) is 6.20. The Morgan fingerprint density at radius 2 is 1.58 bits per heavy atom. The van der Waals surface area contributed by atoms with Crippen LogP contribution in [0.4, 0.5) is 0 Å². The van der Waals surface area contributed by atoms with Crippen LogP contribution in [0.15, 0.2) is 42.5 Å². The summed E-state index contributed by atoms with van der Waals surface area (Å²) in [6.45, 7) is 6.16. The number of piperidine rings is 2. The second-order valence-electron chi connectivity index (χ2n) is 9.18. The fourth-order valence-electron chi connectivity index (χ4n) is 5.15. The van der Waals surface area contributed by atoms with Crippen molar-refractivity contribution in [1.29, 1.82) is 0 Å². The van der Waals surface area contributed by atoms with Gasteiger partial charge in [0.05, 0.1) is 6.42 Å². The minimum absolute atomic E-state index is 0.270. The molecule has 2 aromatic carbocycles. The third-order valence-electron chi connectivity index (χ3n) is 7.03. The van der Waals surface area contributed by atoms with Gasteiger partial charge in [0.25, 0.3) is 0 Å². The number of carbonyl (C=O) groups excluding carboxylic acids is 1. The normalized spacial score (nSPS) is 19.0. The summed E-state index contributed by atoms with van der Waals surface area (Å²) in [7, 11) is 0. The fourth-order valence-corrected chi connectivity index (χ4v) is 5.72. The lowest BCUT2D eigenvalue weighted by Gasteiger charge is -2.42. The summed E-state index contributed by atoms with van der Waals surface area (Å²) < 4.78 is 0. The summed E-state index contributed by atoms with van der Waals surface area (Å²) in [4.78, 5) is 17.5. The van der Waals surface area contributed by atoms with E-state index in [0.717, 1.165) is 61.1 Å². The number of carbonyl (C=O) groups is 1. The second kappa shape index (κ2) is 10.4. The zero-order valence-corrected chi connectivity index (χ0v) is 19.8. The first kappa shape index (κ1) is 22.6. The van der Waals surface area contributed by atoms with Gasteiger partial charge in [0.15, 0.2) is 0 Å². The van der Waals surface area contributed by atoms with Gasteiger partial charge in [0.2, 0.25) is 5.91 Å². The minimum Gasteiger partial charge on any atom is -0.342 e. The van der Waals surface area contributed by atoms with E-state index in [4.69, 9.17) is 23.2 Å². The van der Waals surface area contributed by atoms with Crippen molar-refractivity contribution in [2.24, 2.45) is 5.92 Å². The molecule has 0 aliphatic carbocycles. The molecule has 2 saturated heterocycles. The van der Waals surface area contributed by atoms with Crippen molar-refractivity contribution in [3.05, 3.63) is 69.2 Å². The van der Waals surface area contributed by atoms with E-state index in [-0.39, 0.29) is 5.91 Å². The van der Waals surface area contributed by atoms with E-state index in [0.29, 0.717) is 18.4 Å². The Hall–Kier alpha value is -1.55. The van der Waals surface area contributed by atoms with Crippen LogP contribution in [-0.2, 0) is 17.6 Å². The molecule has 0 saturated carbocycles. The van der Waals surface area contributed by atoms with Crippen LogP contribution in [0.1, 0.15) is 42.4 Å². The van der Waals surface area contributed by atoms with Gasteiger partial charge in [-0.25, -0.2) is 0 Å². The Balaban J connectivity index is 1.22. The highest BCUT2D eigenvalue weighted by atomic mass is 35.5. The average molecular weight is 459 g/mol. The summed E-state index contributed by atoms with van der Waals surface area (Å²) in [5.74, 6) is 0.966. The molecule has 2 heterocycles. The maximum atomic E-state index is 12.8. The predicted octanol–water partition coefficient (Wildman–Crippen LogP) is 5.79. The second-order valence-corrected chi connectivity index (χ2v) is 10.0. The maximum Gasteiger partial charge on any atom is 0.227 e. The third kappa shape index (κ3) is 6.03. The third-order valence-corrected chi connectivity index (χ3v) is 7.47. The summed E-state index contributed by atoms with van der Waals surface area (Å²) in [6, 6.07) is 14.7. The van der Waals surface area contributed by atoms with Crippen molar-refractivity contribution in [1.82, 2.24) is 9.80 Å². The molecule has 0 spiro atoms. The van der Waals surface area contributed by atoms with Crippen LogP contribution in [0, 0.1) is 12.8 Å². The van der Waals surface area contributed by atoms with Crippen LogP contribution >= 0.6 is 23.2 Å². The first-order valence-electron chi connectivity index (χ1n) is 11.5. The number of benzene rings is 2. The molecule has 3 nitrogen and oxygen atoms in total. The van der Waals surface area contributed by atoms with E-state index in [1.165, 1.54) is 24.0 Å². The molecular formula is C26H32Cl2N2O. The average Bonchev–Trinajstić information content (AvgIpc) is 2.75. The molecule has 0 N–H and O–H groups in total. The molecule has 2 aromatic rings. The van der Waals surface area contributed by atoms with Crippen LogP contribution in [0.25, 0.3) is 0 Å². The molecule has 0 radical (unpaired) electrons. The molecule has 1 amide bonds. The zero-order chi connectivity index (χ0) is 21.8. The minimum atomic E-state index is 0.270. The number of amides is 1. The first-order valence-corrected chi connectivity index (χ1v) is 12.2. The number of likely N-dealkylation sites (tertiary alicyclic amines) is 2. The number of hydrogen-bond acceptors (Lipinski definition) is 2. The van der Waals surface area contributed by atoms with Crippen LogP contribution in [0.5, 0.6) is 0 Å². The zero-order valence-electron chi connectivity index (χ0n) is 18.3. The van der Waals surface area contributed by atoms with Crippen molar-refractivity contribution >= 4 is 29.1 Å². The highest BCUT2D eigenvalue weighted by Gasteiger charge is 2.29. The number of halogens is 2. The van der Waals surface area contributed by atoms with Gasteiger partial charge < -0.3 is 9.80 Å². The Labute approximate surface area is 196 Å². The molecule has 5 heteroatoms. The quantitative estimate of drug-likeness (QED) is 0.565. The Kier molecular flexibility index (Phi) is 7.58. The predicted molar refractivity (Wildman–Crippen MR) is 129 cm³/mol. The van der Waals surface area contributed by atoms with E-state index < -0.39 is 0 Å². The molecule has 4 rings (SSSR count). The van der Waals surface area contributed by atoms with Crippen molar-refractivity contribution in [3.63, 3.8) is 0 Å². The molecular weight excluding hydrogens is 427 g/mol. The molecule has 2 aliphatic heterocycles. The highest BCUT2D eigenvalue weighted by molar-refractivity contribution is 6.34. The summed E-state index contributed by atoms with van der Waals surface area (Å²) >= 11 is 12.3. The standard InChI is InChI=1S/C26H32Cl2N2O/c1-19-4-2-3-5-22(19)17-26(31)30-12-8-25(9-13-30)29-10-6-20(7-11-29)14-21-15-23(27)18-24(28)16-21/h2-5,15-16,18,20,25H,6-14,17H2,1H3. The van der Waals surface area contributed by atoms with Gasteiger partial charge >= 0.3 is 0 Å². The van der Waals surface area contributed by atoms with Crippen molar-refractivity contribution in [2.75, 3.05) is 26.2 Å². The van der Waals surface area contributed by atoms with E-state index in [1.54, 1.807) is 6.07 Å². The van der Waals surface area contributed by atoms with Crippen molar-refractivity contribution in [2.45, 2.75) is 51.5 Å². The van der Waals surface area contributed by atoms with Gasteiger partial charge in [0.1, 0.15) is 0 Å². The van der Waals surface area contributed by atoms with Crippen molar-refractivity contribution < 1.29 is 4.79 Å². The lowest BCUT2D eigenvalue weighted by molar-refractivity contribution is -0.132. The number of hydrogen-bond donors (Lipinski definition) is 0. The van der Waals surface area contributed by atoms with E-state index >= 15 is 0 Å². The number of aryl methyl sites for hydroxylation is 1. The molecule has 0 aromatic heterocycles. The lowest BCUT2D eigenvalue weighted by Crippen LogP contribution is -2.49. The molecule has 166 valence electrons. The van der Waals surface area contributed by atoms with Gasteiger partial charge in [-0.15, -0.1) is 0 Å². The highest BCUT2D eigenvalue weighted by Crippen LogP contribution is 2.28. The van der Waals surface area contributed by atoms with Gasteiger partial charge in [-0.05, 0) is 92.9 Å². The molecule has 31 heavy (non-hydrogen) atoms. The smallest absolute Gasteiger partial charge is 0.227 e. The monoisotopic (exact) mass is 458 g/mol. The molecule has 2 fully saturated rings. The summed E-state index contributed by atoms with van der Waals surface area (Å²) in [5.41, 5.74) is 3.60. The topological polar surface area (TPSA) is 23.6 Å². The van der Waals surface area contributed by atoms with Gasteiger partial charge in [-0.1, -0.05) is 47.5 Å². The maximum absolute atomic E-state index is 12.8.